The Bertz CT molecular complexity index is 653. The Kier molecular flexibility index (Phi) is 9.56. The molecule has 1 aromatic heterocycles. The first-order chi connectivity index (χ1) is 13.5. The first-order valence-electron chi connectivity index (χ1n) is 10.5. The zero-order valence-corrected chi connectivity index (χ0v) is 21.1. The third-order valence-electron chi connectivity index (χ3n) is 6.02. The van der Waals surface area contributed by atoms with Crippen LogP contribution in [-0.4, -0.2) is 75.5 Å². The molecule has 2 aliphatic rings. The maximum atomic E-state index is 10.8. The normalized spacial score (nSPS) is 22.0. The molecule has 2 heterocycles. The van der Waals surface area contributed by atoms with Crippen LogP contribution in [0.3, 0.4) is 0 Å². The Morgan fingerprint density at radius 2 is 2.00 bits per heavy atom. The van der Waals surface area contributed by atoms with Crippen LogP contribution in [0.5, 0.6) is 0 Å². The number of thioether (sulfide) groups is 1. The second-order valence-electron chi connectivity index (χ2n) is 8.26. The predicted octanol–water partition coefficient (Wildman–Crippen LogP) is 2.16. The number of rotatable bonds is 7. The number of aromatic nitrogens is 2. The molecule has 1 aromatic rings. The van der Waals surface area contributed by atoms with Gasteiger partial charge in [0.2, 0.25) is 0 Å². The number of aryl methyl sites for hydroxylation is 1. The number of guanidine groups is 1. The van der Waals surface area contributed by atoms with Gasteiger partial charge < -0.3 is 15.7 Å². The fourth-order valence-corrected chi connectivity index (χ4v) is 5.19. The van der Waals surface area contributed by atoms with Gasteiger partial charge in [0.1, 0.15) is 5.60 Å². The molecule has 2 fully saturated rings. The summed E-state index contributed by atoms with van der Waals surface area (Å²) < 4.78 is 1.71. The SMILES string of the molecule is CCNC(=NCC(C)(O)c1cnn(C)c1)NCC1(N2CCSCC2)CCCC1.I. The lowest BCUT2D eigenvalue weighted by molar-refractivity contribution is 0.0671. The Morgan fingerprint density at radius 1 is 1.31 bits per heavy atom. The van der Waals surface area contributed by atoms with Crippen LogP contribution < -0.4 is 10.6 Å². The van der Waals surface area contributed by atoms with Crippen molar-refractivity contribution in [2.24, 2.45) is 12.0 Å². The predicted molar refractivity (Wildman–Crippen MR) is 132 cm³/mol. The van der Waals surface area contributed by atoms with Crippen LogP contribution in [0.15, 0.2) is 17.4 Å². The summed E-state index contributed by atoms with van der Waals surface area (Å²) in [6.07, 6.45) is 8.70. The highest BCUT2D eigenvalue weighted by Gasteiger charge is 2.40. The van der Waals surface area contributed by atoms with Crippen molar-refractivity contribution in [3.8, 4) is 0 Å². The van der Waals surface area contributed by atoms with E-state index in [4.69, 9.17) is 4.99 Å². The summed E-state index contributed by atoms with van der Waals surface area (Å²) in [6, 6.07) is 0. The van der Waals surface area contributed by atoms with Crippen LogP contribution in [0.4, 0.5) is 0 Å². The Morgan fingerprint density at radius 3 is 2.59 bits per heavy atom. The molecule has 9 heteroatoms. The summed E-state index contributed by atoms with van der Waals surface area (Å²) in [5, 5.41) is 21.9. The molecule has 166 valence electrons. The number of nitrogens with zero attached hydrogens (tertiary/aromatic N) is 4. The number of hydrogen-bond acceptors (Lipinski definition) is 5. The fourth-order valence-electron chi connectivity index (χ4n) is 4.29. The van der Waals surface area contributed by atoms with Gasteiger partial charge >= 0.3 is 0 Å². The van der Waals surface area contributed by atoms with Gasteiger partial charge in [0.05, 0.1) is 12.7 Å². The summed E-state index contributed by atoms with van der Waals surface area (Å²) in [6.45, 7) is 8.25. The molecule has 1 unspecified atom stereocenters. The van der Waals surface area contributed by atoms with Gasteiger partial charge in [-0.2, -0.15) is 16.9 Å². The largest absolute Gasteiger partial charge is 0.383 e. The molecule has 1 atom stereocenters. The molecule has 3 rings (SSSR count). The van der Waals surface area contributed by atoms with Gasteiger partial charge in [-0.15, -0.1) is 24.0 Å². The number of nitrogens with one attached hydrogen (secondary N) is 2. The molecule has 1 aliphatic carbocycles. The van der Waals surface area contributed by atoms with Crippen LogP contribution >= 0.6 is 35.7 Å². The summed E-state index contributed by atoms with van der Waals surface area (Å²) >= 11 is 2.07. The van der Waals surface area contributed by atoms with Gasteiger partial charge in [-0.1, -0.05) is 12.8 Å². The molecule has 1 saturated carbocycles. The first-order valence-corrected chi connectivity index (χ1v) is 11.7. The lowest BCUT2D eigenvalue weighted by atomic mass is 9.94. The van der Waals surface area contributed by atoms with E-state index < -0.39 is 5.60 Å². The zero-order valence-electron chi connectivity index (χ0n) is 18.0. The Balaban J connectivity index is 0.00000300. The maximum Gasteiger partial charge on any atom is 0.191 e. The van der Waals surface area contributed by atoms with Gasteiger partial charge in [-0.3, -0.25) is 9.58 Å². The highest BCUT2D eigenvalue weighted by Crippen LogP contribution is 2.36. The topological polar surface area (TPSA) is 77.7 Å². The highest BCUT2D eigenvalue weighted by molar-refractivity contribution is 14.0. The number of hydrogen-bond donors (Lipinski definition) is 3. The molecule has 0 amide bonds. The van der Waals surface area contributed by atoms with E-state index in [9.17, 15) is 5.11 Å². The number of aliphatic imine (C=N–C) groups is 1. The van der Waals surface area contributed by atoms with Gasteiger partial charge in [-0.25, -0.2) is 4.99 Å². The molecule has 0 bridgehead atoms. The van der Waals surface area contributed by atoms with E-state index >= 15 is 0 Å². The quantitative estimate of drug-likeness (QED) is 0.282. The zero-order chi connectivity index (χ0) is 20.0. The maximum absolute atomic E-state index is 10.8. The molecular formula is C20H37IN6OS. The minimum atomic E-state index is -1.04. The van der Waals surface area contributed by atoms with Crippen molar-refractivity contribution in [1.82, 2.24) is 25.3 Å². The monoisotopic (exact) mass is 536 g/mol. The van der Waals surface area contributed by atoms with Crippen LogP contribution in [0.2, 0.25) is 0 Å². The Labute approximate surface area is 196 Å². The van der Waals surface area contributed by atoms with Crippen molar-refractivity contribution in [2.75, 3.05) is 44.2 Å². The van der Waals surface area contributed by atoms with Crippen LogP contribution in [0.1, 0.15) is 45.1 Å². The summed E-state index contributed by atoms with van der Waals surface area (Å²) in [5.74, 6) is 3.26. The van der Waals surface area contributed by atoms with Crippen molar-refractivity contribution < 1.29 is 5.11 Å². The van der Waals surface area contributed by atoms with Gasteiger partial charge in [0.15, 0.2) is 5.96 Å². The van der Waals surface area contributed by atoms with E-state index in [1.54, 1.807) is 17.8 Å². The minimum absolute atomic E-state index is 0. The molecule has 0 spiro atoms. The van der Waals surface area contributed by atoms with Gasteiger partial charge in [0, 0.05) is 62.0 Å². The standard InChI is InChI=1S/C20H36N6OS.HI/c1-4-21-18(22-15-19(2,27)17-13-24-25(3)14-17)23-16-20(7-5-6-8-20)26-9-11-28-12-10-26;/h13-14,27H,4-12,15-16H2,1-3H3,(H2,21,22,23);1H. The van der Waals surface area contributed by atoms with Crippen molar-refractivity contribution in [3.05, 3.63) is 18.0 Å². The van der Waals surface area contributed by atoms with Crippen molar-refractivity contribution in [1.29, 1.82) is 0 Å². The smallest absolute Gasteiger partial charge is 0.191 e. The minimum Gasteiger partial charge on any atom is -0.383 e. The number of halogens is 1. The molecule has 1 saturated heterocycles. The third kappa shape index (κ3) is 6.48. The Hall–Kier alpha value is -0.520. The highest BCUT2D eigenvalue weighted by atomic mass is 127. The summed E-state index contributed by atoms with van der Waals surface area (Å²) in [5.41, 5.74) is 0.00194. The second kappa shape index (κ2) is 11.2. The average Bonchev–Trinajstić information content (AvgIpc) is 3.35. The fraction of sp³-hybridized carbons (Fsp3) is 0.800. The first kappa shape index (κ1) is 24.7. The summed E-state index contributed by atoms with van der Waals surface area (Å²) in [7, 11) is 1.86. The van der Waals surface area contributed by atoms with Crippen LogP contribution in [0, 0.1) is 0 Å². The molecule has 7 nitrogen and oxygen atoms in total. The van der Waals surface area contributed by atoms with Gasteiger partial charge in [-0.05, 0) is 26.7 Å². The van der Waals surface area contributed by atoms with E-state index in [0.717, 1.165) is 24.6 Å². The molecule has 1 aliphatic heterocycles. The van der Waals surface area contributed by atoms with E-state index in [2.05, 4.69) is 39.3 Å². The van der Waals surface area contributed by atoms with Crippen molar-refractivity contribution in [2.45, 2.75) is 50.7 Å². The van der Waals surface area contributed by atoms with Crippen LogP contribution in [0.25, 0.3) is 0 Å². The van der Waals surface area contributed by atoms with E-state index in [0.29, 0.717) is 6.54 Å². The molecule has 0 radical (unpaired) electrons. The third-order valence-corrected chi connectivity index (χ3v) is 6.96. The van der Waals surface area contributed by atoms with E-state index in [1.807, 2.05) is 13.2 Å². The molecular weight excluding hydrogens is 499 g/mol. The molecule has 0 aromatic carbocycles. The lowest BCUT2D eigenvalue weighted by Gasteiger charge is -2.43. The van der Waals surface area contributed by atoms with Gasteiger partial charge in [0.25, 0.3) is 0 Å². The second-order valence-corrected chi connectivity index (χ2v) is 9.48. The average molecular weight is 537 g/mol. The van der Waals surface area contributed by atoms with Crippen LogP contribution in [-0.2, 0) is 12.6 Å². The van der Waals surface area contributed by atoms with Crippen molar-refractivity contribution >= 4 is 41.7 Å². The summed E-state index contributed by atoms with van der Waals surface area (Å²) in [4.78, 5) is 7.40. The van der Waals surface area contributed by atoms with E-state index in [1.165, 1.54) is 50.3 Å². The number of aliphatic hydroxyl groups is 1. The van der Waals surface area contributed by atoms with E-state index in [-0.39, 0.29) is 29.5 Å². The lowest BCUT2D eigenvalue weighted by Crippen LogP contribution is -2.57. The molecule has 3 N–H and O–H groups in total. The van der Waals surface area contributed by atoms with Crippen molar-refractivity contribution in [3.63, 3.8) is 0 Å². The molecule has 29 heavy (non-hydrogen) atoms.